The number of amides is 1. The van der Waals surface area contributed by atoms with Crippen molar-refractivity contribution in [3.63, 3.8) is 0 Å². The molecule has 200 valence electrons. The lowest BCUT2D eigenvalue weighted by atomic mass is 10.1. The number of anilines is 1. The fourth-order valence-corrected chi connectivity index (χ4v) is 4.93. The van der Waals surface area contributed by atoms with Crippen LogP contribution in [0, 0.1) is 11.3 Å². The summed E-state index contributed by atoms with van der Waals surface area (Å²) in [5.41, 5.74) is 7.03. The highest BCUT2D eigenvalue weighted by atomic mass is 35.5. The largest absolute Gasteiger partial charge is 0.314 e. The average Bonchev–Trinajstić information content (AvgIpc) is 3.65. The number of aromatic nitrogens is 5. The van der Waals surface area contributed by atoms with Crippen LogP contribution in [0.15, 0.2) is 48.8 Å². The molecule has 0 spiro atoms. The Balaban J connectivity index is 1.49. The second kappa shape index (κ2) is 11.8. The van der Waals surface area contributed by atoms with Crippen molar-refractivity contribution in [1.29, 1.82) is 5.26 Å². The van der Waals surface area contributed by atoms with Gasteiger partial charge in [-0.25, -0.2) is 9.97 Å². The van der Waals surface area contributed by atoms with Crippen LogP contribution in [0.2, 0.25) is 0 Å². The second-order valence-corrected chi connectivity index (χ2v) is 10.2. The lowest BCUT2D eigenvalue weighted by Gasteiger charge is -2.30. The minimum absolute atomic E-state index is 0.0109. The zero-order valence-electron chi connectivity index (χ0n) is 22.0. The number of hydrazine groups is 1. The molecular formula is C28H30ClN9O. The number of pyridine rings is 1. The van der Waals surface area contributed by atoms with E-state index in [1.54, 1.807) is 17.4 Å². The predicted octanol–water partition coefficient (Wildman–Crippen LogP) is 4.15. The van der Waals surface area contributed by atoms with Gasteiger partial charge in [0.25, 0.3) is 5.91 Å². The minimum atomic E-state index is -0.363. The molecule has 4 aromatic rings. The van der Waals surface area contributed by atoms with E-state index < -0.39 is 0 Å². The third-order valence-corrected chi connectivity index (χ3v) is 7.17. The first-order chi connectivity index (χ1) is 19.0. The number of alkyl halides is 1. The third kappa shape index (κ3) is 5.85. The maximum absolute atomic E-state index is 13.6. The van der Waals surface area contributed by atoms with Gasteiger partial charge in [0.15, 0.2) is 17.0 Å². The van der Waals surface area contributed by atoms with Gasteiger partial charge in [-0.3, -0.25) is 15.2 Å². The molecule has 39 heavy (non-hydrogen) atoms. The van der Waals surface area contributed by atoms with Crippen LogP contribution in [0.3, 0.4) is 0 Å². The molecule has 0 unspecified atom stereocenters. The number of rotatable bonds is 9. The van der Waals surface area contributed by atoms with Crippen LogP contribution in [0.5, 0.6) is 0 Å². The van der Waals surface area contributed by atoms with Crippen LogP contribution in [-0.4, -0.2) is 62.0 Å². The maximum atomic E-state index is 13.6. The number of fused-ring (bicyclic) bond motifs is 1. The average molecular weight is 544 g/mol. The van der Waals surface area contributed by atoms with Crippen LogP contribution in [0.1, 0.15) is 47.6 Å². The van der Waals surface area contributed by atoms with Crippen LogP contribution in [-0.2, 0) is 12.4 Å². The number of hydrogen-bond acceptors (Lipinski definition) is 8. The standard InChI is InChI=1S/C28H30ClN9O/c1-36(2)14-15-37-18-31-25-26(37)33-24(17-30)34-27(25)38(21-6-3-4-7-21)35-28(39)23-9-5-8-22(32-23)20-12-10-19(16-29)11-13-20/h5,8-13,18,21H,3-4,6-7,14-16H2,1-2H3,(H,35,39). The second-order valence-electron chi connectivity index (χ2n) is 9.88. The molecule has 1 fully saturated rings. The number of hydrogen-bond donors (Lipinski definition) is 1. The Kier molecular flexibility index (Phi) is 8.00. The molecule has 1 amide bonds. The Bertz CT molecular complexity index is 1500. The zero-order valence-corrected chi connectivity index (χ0v) is 22.8. The molecule has 1 aliphatic rings. The minimum Gasteiger partial charge on any atom is -0.314 e. The summed E-state index contributed by atoms with van der Waals surface area (Å²) in [5, 5.41) is 11.5. The number of halogens is 1. The first-order valence-corrected chi connectivity index (χ1v) is 13.5. The number of nitrogens with one attached hydrogen (secondary N) is 1. The van der Waals surface area contributed by atoms with Crippen molar-refractivity contribution in [2.24, 2.45) is 0 Å². The van der Waals surface area contributed by atoms with Gasteiger partial charge in [-0.05, 0) is 44.6 Å². The number of nitrogens with zero attached hydrogens (tertiary/aromatic N) is 8. The molecule has 1 aliphatic carbocycles. The molecule has 0 radical (unpaired) electrons. The summed E-state index contributed by atoms with van der Waals surface area (Å²) >= 11 is 5.92. The van der Waals surface area contributed by atoms with Crippen molar-refractivity contribution in [3.8, 4) is 17.3 Å². The van der Waals surface area contributed by atoms with E-state index in [0.717, 1.165) is 43.4 Å². The number of imidazole rings is 1. The highest BCUT2D eigenvalue weighted by Crippen LogP contribution is 2.30. The monoisotopic (exact) mass is 543 g/mol. The van der Waals surface area contributed by atoms with Crippen molar-refractivity contribution in [1.82, 2.24) is 34.8 Å². The Morgan fingerprint density at radius 3 is 2.59 bits per heavy atom. The predicted molar refractivity (Wildman–Crippen MR) is 150 cm³/mol. The highest BCUT2D eigenvalue weighted by Gasteiger charge is 2.29. The van der Waals surface area contributed by atoms with E-state index in [4.69, 9.17) is 11.6 Å². The van der Waals surface area contributed by atoms with Gasteiger partial charge in [0, 0.05) is 24.5 Å². The molecule has 0 atom stereocenters. The van der Waals surface area contributed by atoms with E-state index in [0.29, 0.717) is 35.1 Å². The summed E-state index contributed by atoms with van der Waals surface area (Å²) in [4.78, 5) is 33.8. The number of carbonyl (C=O) groups excluding carboxylic acids is 1. The Labute approximate surface area is 232 Å². The Morgan fingerprint density at radius 2 is 1.90 bits per heavy atom. The Hall–Kier alpha value is -4.07. The molecule has 11 heteroatoms. The number of carbonyl (C=O) groups is 1. The van der Waals surface area contributed by atoms with E-state index in [9.17, 15) is 10.1 Å². The molecule has 0 saturated heterocycles. The van der Waals surface area contributed by atoms with Crippen molar-refractivity contribution in [2.75, 3.05) is 25.6 Å². The third-order valence-electron chi connectivity index (χ3n) is 6.86. The zero-order chi connectivity index (χ0) is 27.4. The molecular weight excluding hydrogens is 514 g/mol. The number of nitriles is 1. The van der Waals surface area contributed by atoms with Crippen molar-refractivity contribution in [3.05, 3.63) is 65.9 Å². The number of benzene rings is 1. The topological polar surface area (TPSA) is 116 Å². The van der Waals surface area contributed by atoms with Crippen molar-refractivity contribution >= 4 is 34.5 Å². The van der Waals surface area contributed by atoms with Crippen LogP contribution in [0.25, 0.3) is 22.4 Å². The summed E-state index contributed by atoms with van der Waals surface area (Å²) in [5.74, 6) is 0.527. The summed E-state index contributed by atoms with van der Waals surface area (Å²) in [6.07, 6.45) is 5.56. The highest BCUT2D eigenvalue weighted by molar-refractivity contribution is 6.17. The molecule has 0 bridgehead atoms. The summed E-state index contributed by atoms with van der Waals surface area (Å²) < 4.78 is 1.91. The SMILES string of the molecule is CN(C)CCn1cnc2c(N(NC(=O)c3cccc(-c4ccc(CCl)cc4)n3)C3CCCC3)nc(C#N)nc21. The fraction of sp³-hybridized carbons (Fsp3) is 0.357. The van der Waals surface area contributed by atoms with E-state index in [-0.39, 0.29) is 23.5 Å². The number of likely N-dealkylation sites (N-methyl/N-ethyl adjacent to an activating group) is 1. The van der Waals surface area contributed by atoms with Gasteiger partial charge in [0.1, 0.15) is 11.8 Å². The fourth-order valence-electron chi connectivity index (χ4n) is 4.75. The lowest BCUT2D eigenvalue weighted by Crippen LogP contribution is -2.49. The van der Waals surface area contributed by atoms with E-state index in [1.807, 2.05) is 55.1 Å². The van der Waals surface area contributed by atoms with Crippen molar-refractivity contribution < 1.29 is 4.79 Å². The quantitative estimate of drug-likeness (QED) is 0.247. The van der Waals surface area contributed by atoms with Gasteiger partial charge in [0.2, 0.25) is 5.82 Å². The molecule has 1 aromatic carbocycles. The van der Waals surface area contributed by atoms with Gasteiger partial charge in [-0.1, -0.05) is 43.2 Å². The van der Waals surface area contributed by atoms with Crippen LogP contribution in [0.4, 0.5) is 5.82 Å². The molecule has 3 heterocycles. The summed E-state index contributed by atoms with van der Waals surface area (Å²) in [6, 6.07) is 15.2. The summed E-state index contributed by atoms with van der Waals surface area (Å²) in [7, 11) is 3.99. The molecule has 0 aliphatic heterocycles. The molecule has 10 nitrogen and oxygen atoms in total. The molecule has 1 saturated carbocycles. The van der Waals surface area contributed by atoms with Crippen LogP contribution >= 0.6 is 11.6 Å². The molecule has 3 aromatic heterocycles. The maximum Gasteiger partial charge on any atom is 0.288 e. The van der Waals surface area contributed by atoms with Gasteiger partial charge in [0.05, 0.1) is 18.1 Å². The molecule has 5 rings (SSSR count). The van der Waals surface area contributed by atoms with Gasteiger partial charge >= 0.3 is 0 Å². The van der Waals surface area contributed by atoms with E-state index in [1.165, 1.54) is 0 Å². The van der Waals surface area contributed by atoms with E-state index >= 15 is 0 Å². The van der Waals surface area contributed by atoms with Gasteiger partial charge in [-0.15, -0.1) is 11.6 Å². The van der Waals surface area contributed by atoms with Crippen molar-refractivity contribution in [2.45, 2.75) is 44.1 Å². The smallest absolute Gasteiger partial charge is 0.288 e. The summed E-state index contributed by atoms with van der Waals surface area (Å²) in [6.45, 7) is 1.44. The Morgan fingerprint density at radius 1 is 1.13 bits per heavy atom. The van der Waals surface area contributed by atoms with Gasteiger partial charge < -0.3 is 9.47 Å². The normalized spacial score (nSPS) is 13.6. The molecule has 1 N–H and O–H groups in total. The van der Waals surface area contributed by atoms with Gasteiger partial charge in [-0.2, -0.15) is 15.2 Å². The first-order valence-electron chi connectivity index (χ1n) is 13.0. The lowest BCUT2D eigenvalue weighted by molar-refractivity contribution is 0.0939. The first kappa shape index (κ1) is 26.5. The van der Waals surface area contributed by atoms with E-state index in [2.05, 4.69) is 36.3 Å². The van der Waals surface area contributed by atoms with Crippen LogP contribution < -0.4 is 10.4 Å².